The molecular weight excluding hydrogens is 446 g/mol. The summed E-state index contributed by atoms with van der Waals surface area (Å²) in [7, 11) is 2.02. The Balaban J connectivity index is 1.42. The van der Waals surface area contributed by atoms with Crippen molar-refractivity contribution in [3.05, 3.63) is 77.0 Å². The highest BCUT2D eigenvalue weighted by atomic mass is 35.5. The maximum Gasteiger partial charge on any atom is 0.187 e. The zero-order valence-electron chi connectivity index (χ0n) is 18.9. The lowest BCUT2D eigenvalue weighted by atomic mass is 10.1. The van der Waals surface area contributed by atoms with E-state index in [1.807, 2.05) is 35.9 Å². The second-order valence-corrected chi connectivity index (χ2v) is 9.33. The minimum Gasteiger partial charge on any atom is -0.371 e. The number of anilines is 1. The minimum absolute atomic E-state index is 0.612. The van der Waals surface area contributed by atoms with Gasteiger partial charge in [0.15, 0.2) is 11.5 Å². The highest BCUT2D eigenvalue weighted by Gasteiger charge is 2.27. The van der Waals surface area contributed by atoms with Crippen molar-refractivity contribution in [2.75, 3.05) is 31.6 Å². The number of halogens is 1. The maximum absolute atomic E-state index is 7.21. The third kappa shape index (κ3) is 3.38. The van der Waals surface area contributed by atoms with Crippen molar-refractivity contribution in [1.82, 2.24) is 24.6 Å². The lowest BCUT2D eigenvalue weighted by molar-refractivity contribution is 0.549. The molecule has 0 unspecified atom stereocenters. The average Bonchev–Trinajstić information content (AvgIpc) is 3.58. The van der Waals surface area contributed by atoms with Gasteiger partial charge in [-0.2, -0.15) is 0 Å². The summed E-state index contributed by atoms with van der Waals surface area (Å²) in [4.78, 5) is 5.97. The zero-order valence-corrected chi connectivity index (χ0v) is 19.6. The van der Waals surface area contributed by atoms with Crippen molar-refractivity contribution < 1.29 is 0 Å². The van der Waals surface area contributed by atoms with Gasteiger partial charge in [-0.05, 0) is 61.3 Å². The van der Waals surface area contributed by atoms with Crippen LogP contribution in [0.4, 0.5) is 11.4 Å². The summed E-state index contributed by atoms with van der Waals surface area (Å²) in [6.45, 7) is 11.0. The molecule has 2 aromatic carbocycles. The van der Waals surface area contributed by atoms with Gasteiger partial charge in [0.1, 0.15) is 11.5 Å². The number of fused-ring (bicyclic) bond motifs is 5. The first-order valence-corrected chi connectivity index (χ1v) is 11.8. The van der Waals surface area contributed by atoms with E-state index in [1.54, 1.807) is 6.33 Å². The van der Waals surface area contributed by atoms with E-state index < -0.39 is 0 Å². The largest absolute Gasteiger partial charge is 0.371 e. The van der Waals surface area contributed by atoms with Crippen LogP contribution in [0.5, 0.6) is 0 Å². The number of aromatic nitrogens is 4. The van der Waals surface area contributed by atoms with Crippen LogP contribution in [-0.4, -0.2) is 46.0 Å². The Morgan fingerprint density at radius 1 is 1.18 bits per heavy atom. The fourth-order valence-corrected chi connectivity index (χ4v) is 5.51. The van der Waals surface area contributed by atoms with Crippen molar-refractivity contribution in [2.45, 2.75) is 13.0 Å². The molecule has 34 heavy (non-hydrogen) atoms. The number of nitrogens with zero attached hydrogens (tertiary/aromatic N) is 6. The minimum atomic E-state index is 0.612. The molecule has 170 valence electrons. The summed E-state index contributed by atoms with van der Waals surface area (Å²) in [6, 6.07) is 16.3. The smallest absolute Gasteiger partial charge is 0.187 e. The molecule has 7 nitrogen and oxygen atoms in total. The first-order valence-electron chi connectivity index (χ1n) is 11.5. The molecule has 2 aliphatic rings. The number of hydrogen-bond donors (Lipinski definition) is 1. The van der Waals surface area contributed by atoms with Crippen LogP contribution in [0.2, 0.25) is 5.15 Å². The van der Waals surface area contributed by atoms with Crippen molar-refractivity contribution >= 4 is 23.0 Å². The standard InChI is InChI=1S/C26H24ClN7/c1-28-13-17-9-10-32(14-17)21-7-8-23-19(11-21)15-33-24(26-31-30-16-34(23)26)12-22(25(33)27)18-3-5-20(29-2)6-4-18/h3-8,11-12,16-17,28H,9-10,13-15H2,1H3/t17-/m0/s1. The molecule has 1 fully saturated rings. The van der Waals surface area contributed by atoms with Gasteiger partial charge in [-0.25, -0.2) is 4.85 Å². The van der Waals surface area contributed by atoms with Crippen molar-refractivity contribution in [3.8, 4) is 28.3 Å². The van der Waals surface area contributed by atoms with E-state index in [0.717, 1.165) is 48.0 Å². The number of hydrogen-bond acceptors (Lipinski definition) is 4. The molecule has 2 aliphatic heterocycles. The summed E-state index contributed by atoms with van der Waals surface area (Å²) in [5, 5.41) is 12.6. The van der Waals surface area contributed by atoms with Crippen LogP contribution in [0.25, 0.3) is 33.2 Å². The third-order valence-electron chi connectivity index (χ3n) is 6.91. The Morgan fingerprint density at radius 3 is 2.82 bits per heavy atom. The molecule has 6 rings (SSSR count). The fourth-order valence-electron chi connectivity index (χ4n) is 5.19. The predicted molar refractivity (Wildman–Crippen MR) is 135 cm³/mol. The number of rotatable bonds is 4. The van der Waals surface area contributed by atoms with E-state index >= 15 is 0 Å². The van der Waals surface area contributed by atoms with Crippen molar-refractivity contribution in [2.24, 2.45) is 5.92 Å². The monoisotopic (exact) mass is 469 g/mol. The van der Waals surface area contributed by atoms with E-state index in [4.69, 9.17) is 18.2 Å². The Morgan fingerprint density at radius 2 is 2.03 bits per heavy atom. The molecule has 0 bridgehead atoms. The molecule has 0 amide bonds. The van der Waals surface area contributed by atoms with Crippen LogP contribution in [0.15, 0.2) is 54.9 Å². The van der Waals surface area contributed by atoms with Gasteiger partial charge in [0.05, 0.1) is 24.5 Å². The second-order valence-electron chi connectivity index (χ2n) is 8.97. The molecule has 1 saturated heterocycles. The molecule has 2 aromatic heterocycles. The van der Waals surface area contributed by atoms with Crippen molar-refractivity contribution in [1.29, 1.82) is 0 Å². The van der Waals surface area contributed by atoms with Gasteiger partial charge >= 0.3 is 0 Å². The summed E-state index contributed by atoms with van der Waals surface area (Å²) in [5.41, 5.74) is 6.95. The third-order valence-corrected chi connectivity index (χ3v) is 7.32. The predicted octanol–water partition coefficient (Wildman–Crippen LogP) is 5.01. The molecule has 8 heteroatoms. The quantitative estimate of drug-likeness (QED) is 0.376. The number of nitrogens with one attached hydrogen (secondary N) is 1. The van der Waals surface area contributed by atoms with E-state index in [9.17, 15) is 0 Å². The highest BCUT2D eigenvalue weighted by Crippen LogP contribution is 2.40. The van der Waals surface area contributed by atoms with E-state index in [-0.39, 0.29) is 0 Å². The molecule has 1 N–H and O–H groups in total. The van der Waals surface area contributed by atoms with Crippen LogP contribution in [0.1, 0.15) is 12.0 Å². The topological polar surface area (TPSA) is 55.3 Å². The second kappa shape index (κ2) is 8.32. The Hall–Kier alpha value is -3.60. The van der Waals surface area contributed by atoms with Crippen LogP contribution >= 0.6 is 11.6 Å². The van der Waals surface area contributed by atoms with Crippen LogP contribution in [0, 0.1) is 12.5 Å². The molecule has 0 saturated carbocycles. The zero-order chi connectivity index (χ0) is 23.2. The van der Waals surface area contributed by atoms with Gasteiger partial charge in [-0.15, -0.1) is 10.2 Å². The summed E-state index contributed by atoms with van der Waals surface area (Å²) in [5.74, 6) is 1.45. The van der Waals surface area contributed by atoms with Gasteiger partial charge in [-0.3, -0.25) is 4.57 Å². The normalized spacial score (nSPS) is 16.5. The van der Waals surface area contributed by atoms with Gasteiger partial charge in [0.25, 0.3) is 0 Å². The summed E-state index contributed by atoms with van der Waals surface area (Å²) in [6.07, 6.45) is 2.98. The Bertz CT molecular complexity index is 1410. The van der Waals surface area contributed by atoms with Crippen LogP contribution in [0.3, 0.4) is 0 Å². The van der Waals surface area contributed by atoms with Gasteiger partial charge in [0.2, 0.25) is 0 Å². The SMILES string of the molecule is [C-]#[N+]c1ccc(-c2cc3n(c2Cl)Cc2cc(N4CC[C@@H](CNC)C4)ccc2-n2cnnc2-3)cc1. The van der Waals surface area contributed by atoms with Crippen LogP contribution < -0.4 is 10.2 Å². The summed E-state index contributed by atoms with van der Waals surface area (Å²) >= 11 is 6.97. The van der Waals surface area contributed by atoms with E-state index in [2.05, 4.69) is 54.1 Å². The Labute approximate surface area is 203 Å². The molecule has 4 heterocycles. The molecule has 4 aromatic rings. The van der Waals surface area contributed by atoms with Gasteiger partial charge < -0.3 is 14.8 Å². The van der Waals surface area contributed by atoms with Gasteiger partial charge in [0, 0.05) is 24.3 Å². The van der Waals surface area contributed by atoms with Crippen molar-refractivity contribution in [3.63, 3.8) is 0 Å². The fraction of sp³-hybridized carbons (Fsp3) is 0.269. The molecule has 0 radical (unpaired) electrons. The van der Waals surface area contributed by atoms with Crippen LogP contribution in [-0.2, 0) is 6.54 Å². The molecular formula is C26H24ClN7. The maximum atomic E-state index is 7.21. The molecule has 0 aliphatic carbocycles. The summed E-state index contributed by atoms with van der Waals surface area (Å²) < 4.78 is 4.16. The first-order chi connectivity index (χ1) is 16.7. The average molecular weight is 470 g/mol. The Kier molecular flexibility index (Phi) is 5.13. The highest BCUT2D eigenvalue weighted by molar-refractivity contribution is 6.32. The van der Waals surface area contributed by atoms with E-state index in [0.29, 0.717) is 23.3 Å². The first kappa shape index (κ1) is 21.0. The molecule has 0 spiro atoms. The lowest BCUT2D eigenvalue weighted by Gasteiger charge is -2.21. The number of benzene rings is 2. The lowest BCUT2D eigenvalue weighted by Crippen LogP contribution is -2.24. The van der Waals surface area contributed by atoms with E-state index in [1.165, 1.54) is 17.7 Å². The van der Waals surface area contributed by atoms with Gasteiger partial charge in [-0.1, -0.05) is 35.9 Å². The molecule has 1 atom stereocenters.